The quantitative estimate of drug-likeness (QED) is 0.886. The van der Waals surface area contributed by atoms with Crippen LogP contribution in [0.25, 0.3) is 0 Å². The number of hydrogen-bond donors (Lipinski definition) is 1. The predicted octanol–water partition coefficient (Wildman–Crippen LogP) is 4.18. The third kappa shape index (κ3) is 3.04. The summed E-state index contributed by atoms with van der Waals surface area (Å²) in [6.45, 7) is 10.2. The van der Waals surface area contributed by atoms with Crippen molar-refractivity contribution < 1.29 is 18.6 Å². The molecule has 0 aliphatic carbocycles. The normalized spacial score (nSPS) is 14.2. The third-order valence-electron chi connectivity index (χ3n) is 4.48. The Morgan fingerprint density at radius 2 is 1.00 bits per heavy atom. The van der Waals surface area contributed by atoms with Crippen LogP contribution in [0.5, 0.6) is 0 Å². The predicted molar refractivity (Wildman–Crippen MR) is 94.3 cm³/mol. The number of guanidine groups is 1. The van der Waals surface area contributed by atoms with Crippen molar-refractivity contribution in [1.29, 1.82) is 5.41 Å². The van der Waals surface area contributed by atoms with Gasteiger partial charge in [0.15, 0.2) is 0 Å². The topological polar surface area (TPSA) is 30.3 Å². The Balaban J connectivity index is 0.00000192. The van der Waals surface area contributed by atoms with Gasteiger partial charge in [0.2, 0.25) is 5.96 Å². The fraction of sp³-hybridized carbons (Fsp3) is 0.316. The van der Waals surface area contributed by atoms with Gasteiger partial charge in [-0.25, -0.2) is 0 Å². The molecule has 2 aromatic rings. The van der Waals surface area contributed by atoms with Gasteiger partial charge in [0, 0.05) is 43.0 Å². The van der Waals surface area contributed by atoms with E-state index < -0.39 is 0 Å². The van der Waals surface area contributed by atoms with E-state index in [4.69, 9.17) is 5.41 Å². The smallest absolute Gasteiger partial charge is 0.203 e. The van der Waals surface area contributed by atoms with Crippen molar-refractivity contribution in [3.05, 3.63) is 58.7 Å². The fourth-order valence-corrected chi connectivity index (χ4v) is 3.46. The van der Waals surface area contributed by atoms with E-state index in [0.29, 0.717) is 5.96 Å². The van der Waals surface area contributed by atoms with Crippen LogP contribution in [0, 0.1) is 33.1 Å². The largest absolute Gasteiger partial charge is 0.310 e. The molecule has 0 spiro atoms. The molecule has 1 heterocycles. The standard InChI is InChI=1S/C19H23N3.V/c1-13-7-5-8-14(2)17(13)21-11-12-22(19(21)20)18-15(3)9-6-10-16(18)4;/h5-10,20H,11-12H2,1-4H3;. The number of nitrogens with one attached hydrogen (secondary N) is 1. The summed E-state index contributed by atoms with van der Waals surface area (Å²) >= 11 is 0. The average molecular weight is 344 g/mol. The SMILES string of the molecule is Cc1cccc(C)c1N1CCN(c2c(C)cccc2C)C1=N.[V]. The molecule has 1 saturated heterocycles. The van der Waals surface area contributed by atoms with Crippen molar-refractivity contribution in [2.75, 3.05) is 22.9 Å². The monoisotopic (exact) mass is 344 g/mol. The molecule has 0 bridgehead atoms. The second kappa shape index (κ2) is 6.82. The molecule has 0 unspecified atom stereocenters. The zero-order chi connectivity index (χ0) is 15.9. The molecule has 1 N–H and O–H groups in total. The van der Waals surface area contributed by atoms with Crippen molar-refractivity contribution in [1.82, 2.24) is 0 Å². The van der Waals surface area contributed by atoms with Gasteiger partial charge in [0.1, 0.15) is 0 Å². The zero-order valence-corrected chi connectivity index (χ0v) is 15.6. The molecule has 4 heteroatoms. The molecule has 1 aliphatic rings. The van der Waals surface area contributed by atoms with E-state index in [-0.39, 0.29) is 18.6 Å². The minimum atomic E-state index is 0. The van der Waals surface area contributed by atoms with Gasteiger partial charge < -0.3 is 9.80 Å². The number of benzene rings is 2. The van der Waals surface area contributed by atoms with Crippen molar-refractivity contribution in [3.63, 3.8) is 0 Å². The Kier molecular flexibility index (Phi) is 5.23. The van der Waals surface area contributed by atoms with E-state index >= 15 is 0 Å². The molecule has 1 fully saturated rings. The van der Waals surface area contributed by atoms with Crippen LogP contribution in [0.3, 0.4) is 0 Å². The first-order valence-corrected chi connectivity index (χ1v) is 7.76. The summed E-state index contributed by atoms with van der Waals surface area (Å²) in [7, 11) is 0. The van der Waals surface area contributed by atoms with Crippen LogP contribution in [0.2, 0.25) is 0 Å². The van der Waals surface area contributed by atoms with Gasteiger partial charge in [-0.15, -0.1) is 0 Å². The molecule has 2 aromatic carbocycles. The number of anilines is 2. The molecule has 1 aliphatic heterocycles. The first-order chi connectivity index (χ1) is 10.5. The van der Waals surface area contributed by atoms with Gasteiger partial charge in [-0.2, -0.15) is 0 Å². The molecule has 3 rings (SSSR count). The Bertz CT molecular complexity index is 637. The minimum absolute atomic E-state index is 0. The molecule has 0 saturated carbocycles. The Morgan fingerprint density at radius 1 is 0.696 bits per heavy atom. The van der Waals surface area contributed by atoms with Gasteiger partial charge in [0.05, 0.1) is 0 Å². The summed E-state index contributed by atoms with van der Waals surface area (Å²) in [4.78, 5) is 4.27. The summed E-state index contributed by atoms with van der Waals surface area (Å²) in [6.07, 6.45) is 0. The van der Waals surface area contributed by atoms with E-state index in [1.54, 1.807) is 0 Å². The molecule has 0 amide bonds. The van der Waals surface area contributed by atoms with Crippen LogP contribution in [0.15, 0.2) is 36.4 Å². The number of nitrogens with zero attached hydrogens (tertiary/aromatic N) is 2. The van der Waals surface area contributed by atoms with Crippen molar-refractivity contribution in [3.8, 4) is 0 Å². The van der Waals surface area contributed by atoms with Crippen molar-refractivity contribution in [2.45, 2.75) is 27.7 Å². The van der Waals surface area contributed by atoms with Gasteiger partial charge in [0.25, 0.3) is 0 Å². The summed E-state index contributed by atoms with van der Waals surface area (Å²) in [5.74, 6) is 0.579. The number of para-hydroxylation sites is 2. The van der Waals surface area contributed by atoms with E-state index in [9.17, 15) is 0 Å². The van der Waals surface area contributed by atoms with Gasteiger partial charge in [-0.3, -0.25) is 5.41 Å². The summed E-state index contributed by atoms with van der Waals surface area (Å²) in [5.41, 5.74) is 7.28. The number of rotatable bonds is 2. The van der Waals surface area contributed by atoms with Crippen LogP contribution in [-0.4, -0.2) is 19.0 Å². The van der Waals surface area contributed by atoms with Crippen LogP contribution in [0.1, 0.15) is 22.3 Å². The van der Waals surface area contributed by atoms with Crippen molar-refractivity contribution >= 4 is 17.3 Å². The summed E-state index contributed by atoms with van der Waals surface area (Å²) in [6, 6.07) is 12.7. The minimum Gasteiger partial charge on any atom is -0.310 e. The van der Waals surface area contributed by atoms with E-state index in [1.165, 1.54) is 33.6 Å². The molecular formula is C19H23N3V. The zero-order valence-electron chi connectivity index (χ0n) is 14.2. The maximum atomic E-state index is 8.68. The second-order valence-electron chi connectivity index (χ2n) is 6.11. The fourth-order valence-electron chi connectivity index (χ4n) is 3.46. The van der Waals surface area contributed by atoms with Gasteiger partial charge >= 0.3 is 0 Å². The Morgan fingerprint density at radius 3 is 1.30 bits per heavy atom. The summed E-state index contributed by atoms with van der Waals surface area (Å²) < 4.78 is 0. The van der Waals surface area contributed by atoms with Crippen LogP contribution in [-0.2, 0) is 18.6 Å². The molecule has 119 valence electrons. The Labute approximate surface area is 150 Å². The molecule has 0 aromatic heterocycles. The molecule has 3 nitrogen and oxygen atoms in total. The maximum absolute atomic E-state index is 8.68. The van der Waals surface area contributed by atoms with E-state index in [1.807, 2.05) is 0 Å². The molecule has 0 atom stereocenters. The number of hydrogen-bond acceptors (Lipinski definition) is 1. The second-order valence-corrected chi connectivity index (χ2v) is 6.11. The van der Waals surface area contributed by atoms with Gasteiger partial charge in [-0.1, -0.05) is 36.4 Å². The number of aryl methyl sites for hydroxylation is 4. The maximum Gasteiger partial charge on any atom is 0.203 e. The first kappa shape index (κ1) is 17.6. The molecule has 23 heavy (non-hydrogen) atoms. The third-order valence-corrected chi connectivity index (χ3v) is 4.48. The molecular weight excluding hydrogens is 321 g/mol. The van der Waals surface area contributed by atoms with Crippen LogP contribution in [0.4, 0.5) is 11.4 Å². The van der Waals surface area contributed by atoms with Crippen molar-refractivity contribution in [2.24, 2.45) is 0 Å². The van der Waals surface area contributed by atoms with E-state index in [0.717, 1.165) is 13.1 Å². The molecule has 1 radical (unpaired) electrons. The first-order valence-electron chi connectivity index (χ1n) is 7.76. The van der Waals surface area contributed by atoms with E-state index in [2.05, 4.69) is 73.9 Å². The summed E-state index contributed by atoms with van der Waals surface area (Å²) in [5, 5.41) is 8.68. The average Bonchev–Trinajstić information content (AvgIpc) is 2.81. The van der Waals surface area contributed by atoms with Crippen LogP contribution >= 0.6 is 0 Å². The van der Waals surface area contributed by atoms with Gasteiger partial charge in [-0.05, 0) is 49.9 Å². The Hall–Kier alpha value is -1.71. The van der Waals surface area contributed by atoms with Crippen LogP contribution < -0.4 is 9.80 Å².